The first-order valence-corrected chi connectivity index (χ1v) is 13.1. The van der Waals surface area contributed by atoms with E-state index < -0.39 is 6.03 Å². The number of aryl methyl sites for hydroxylation is 1. The molecular formula is C30H31ClN6O2. The summed E-state index contributed by atoms with van der Waals surface area (Å²) in [6, 6.07) is 15.0. The highest BCUT2D eigenvalue weighted by Crippen LogP contribution is 2.26. The Kier molecular flexibility index (Phi) is 8.78. The van der Waals surface area contributed by atoms with Crippen LogP contribution in [0.25, 0.3) is 11.1 Å². The van der Waals surface area contributed by atoms with E-state index in [0.29, 0.717) is 46.5 Å². The molecule has 39 heavy (non-hydrogen) atoms. The minimum absolute atomic E-state index is 0.0937. The Labute approximate surface area is 233 Å². The molecule has 0 saturated carbocycles. The molecule has 9 heteroatoms. The predicted molar refractivity (Wildman–Crippen MR) is 157 cm³/mol. The van der Waals surface area contributed by atoms with Gasteiger partial charge in [0.25, 0.3) is 5.91 Å². The number of likely N-dealkylation sites (N-methyl/N-ethyl adjacent to an activating group) is 1. The van der Waals surface area contributed by atoms with E-state index in [1.807, 2.05) is 63.2 Å². The Hall–Kier alpha value is -4.43. The molecule has 2 aromatic carbocycles. The molecule has 1 aliphatic rings. The average Bonchev–Trinajstić information content (AvgIpc) is 2.95. The summed E-state index contributed by atoms with van der Waals surface area (Å²) in [4.78, 5) is 29.4. The molecule has 0 unspecified atom stereocenters. The Morgan fingerprint density at radius 1 is 1.00 bits per heavy atom. The summed E-state index contributed by atoms with van der Waals surface area (Å²) in [5, 5.41) is 15.4. The number of allylic oxidation sites excluding steroid dienone is 1. The predicted octanol–water partition coefficient (Wildman–Crippen LogP) is 6.11. The summed E-state index contributed by atoms with van der Waals surface area (Å²) in [6.45, 7) is 11.1. The fourth-order valence-electron chi connectivity index (χ4n) is 4.09. The molecule has 3 amide bonds. The van der Waals surface area contributed by atoms with Gasteiger partial charge in [-0.1, -0.05) is 55.4 Å². The summed E-state index contributed by atoms with van der Waals surface area (Å²) in [7, 11) is 0. The van der Waals surface area contributed by atoms with E-state index in [4.69, 9.17) is 16.7 Å². The van der Waals surface area contributed by atoms with Crippen LogP contribution in [0.15, 0.2) is 90.1 Å². The number of hydrogen-bond donors (Lipinski definition) is 3. The van der Waals surface area contributed by atoms with Crippen molar-refractivity contribution in [3.63, 3.8) is 0 Å². The van der Waals surface area contributed by atoms with Gasteiger partial charge in [0.05, 0.1) is 27.8 Å². The molecular weight excluding hydrogens is 512 g/mol. The van der Waals surface area contributed by atoms with Crippen LogP contribution < -0.4 is 16.0 Å². The number of hydrazone groups is 1. The largest absolute Gasteiger partial charge is 0.352 e. The highest BCUT2D eigenvalue weighted by Gasteiger charge is 2.21. The molecule has 0 saturated heterocycles. The van der Waals surface area contributed by atoms with Crippen molar-refractivity contribution < 1.29 is 9.59 Å². The lowest BCUT2D eigenvalue weighted by Crippen LogP contribution is -2.35. The second kappa shape index (κ2) is 12.4. The van der Waals surface area contributed by atoms with Crippen molar-refractivity contribution in [2.24, 2.45) is 5.10 Å². The number of nitrogens with zero attached hydrogens (tertiary/aromatic N) is 3. The number of rotatable bonds is 8. The third kappa shape index (κ3) is 6.53. The van der Waals surface area contributed by atoms with Crippen LogP contribution in [-0.2, 0) is 0 Å². The number of carbonyl (C=O) groups excluding carboxylic acids is 2. The van der Waals surface area contributed by atoms with Crippen LogP contribution in [0.5, 0.6) is 0 Å². The Morgan fingerprint density at radius 3 is 2.44 bits per heavy atom. The molecule has 1 aliphatic heterocycles. The zero-order valence-corrected chi connectivity index (χ0v) is 23.0. The summed E-state index contributed by atoms with van der Waals surface area (Å²) in [5.74, 6) is -0.0937. The molecule has 0 atom stereocenters. The number of nitrogens with one attached hydrogen (secondary N) is 3. The van der Waals surface area contributed by atoms with Crippen molar-refractivity contribution >= 4 is 34.9 Å². The lowest BCUT2D eigenvalue weighted by Gasteiger charge is -2.27. The van der Waals surface area contributed by atoms with Crippen LogP contribution in [0.3, 0.4) is 0 Å². The van der Waals surface area contributed by atoms with Gasteiger partial charge in [-0.2, -0.15) is 5.10 Å². The number of halogens is 1. The fraction of sp³-hybridized carbons (Fsp3) is 0.200. The third-order valence-corrected chi connectivity index (χ3v) is 6.45. The Bertz CT molecular complexity index is 1460. The molecule has 1 aromatic heterocycles. The lowest BCUT2D eigenvalue weighted by atomic mass is 9.98. The molecule has 0 bridgehead atoms. The van der Waals surface area contributed by atoms with Gasteiger partial charge in [0.15, 0.2) is 0 Å². The van der Waals surface area contributed by atoms with E-state index in [1.165, 1.54) is 6.20 Å². The molecule has 0 aliphatic carbocycles. The number of pyridine rings is 1. The number of urea groups is 1. The topological polar surface area (TPSA) is 98.7 Å². The molecule has 0 radical (unpaired) electrons. The fourth-order valence-corrected chi connectivity index (χ4v) is 4.34. The van der Waals surface area contributed by atoms with Gasteiger partial charge in [-0.05, 0) is 61.2 Å². The molecule has 3 aromatic rings. The van der Waals surface area contributed by atoms with Crippen molar-refractivity contribution in [2.75, 3.05) is 18.4 Å². The maximum Gasteiger partial charge on any atom is 0.323 e. The van der Waals surface area contributed by atoms with Gasteiger partial charge >= 0.3 is 6.03 Å². The SMILES string of the molecule is C=C1C(NC(=O)Nc2c(C)cncc2Cl)=CC(c2cccc(-c3cccc(C(=O)NCCC)c3)c2)=NN1CC. The monoisotopic (exact) mass is 542 g/mol. The number of amides is 3. The van der Waals surface area contributed by atoms with Crippen LogP contribution in [-0.4, -0.2) is 40.7 Å². The van der Waals surface area contributed by atoms with Gasteiger partial charge in [-0.15, -0.1) is 0 Å². The summed E-state index contributed by atoms with van der Waals surface area (Å²) >= 11 is 6.22. The van der Waals surface area contributed by atoms with Crippen molar-refractivity contribution in [1.29, 1.82) is 0 Å². The zero-order chi connectivity index (χ0) is 27.9. The van der Waals surface area contributed by atoms with Gasteiger partial charge in [0.2, 0.25) is 0 Å². The summed E-state index contributed by atoms with van der Waals surface area (Å²) in [5.41, 5.74) is 6.30. The first kappa shape index (κ1) is 27.6. The number of anilines is 1. The Morgan fingerprint density at radius 2 is 1.72 bits per heavy atom. The van der Waals surface area contributed by atoms with E-state index in [9.17, 15) is 9.59 Å². The van der Waals surface area contributed by atoms with Crippen molar-refractivity contribution in [3.05, 3.63) is 107 Å². The van der Waals surface area contributed by atoms with E-state index in [0.717, 1.165) is 28.7 Å². The van der Waals surface area contributed by atoms with Crippen molar-refractivity contribution in [1.82, 2.24) is 20.6 Å². The molecule has 8 nitrogen and oxygen atoms in total. The molecule has 200 valence electrons. The molecule has 0 fully saturated rings. The normalized spacial score (nSPS) is 12.9. The third-order valence-electron chi connectivity index (χ3n) is 6.16. The molecule has 2 heterocycles. The van der Waals surface area contributed by atoms with E-state index in [2.05, 4.69) is 27.5 Å². The van der Waals surface area contributed by atoms with Gasteiger partial charge in [-0.25, -0.2) is 4.79 Å². The second-order valence-corrected chi connectivity index (χ2v) is 9.42. The molecule has 3 N–H and O–H groups in total. The van der Waals surface area contributed by atoms with Gasteiger partial charge in [-0.3, -0.25) is 14.8 Å². The second-order valence-electron chi connectivity index (χ2n) is 9.02. The number of aromatic nitrogens is 1. The first-order chi connectivity index (χ1) is 18.8. The zero-order valence-electron chi connectivity index (χ0n) is 22.2. The highest BCUT2D eigenvalue weighted by atomic mass is 35.5. The number of carbonyl (C=O) groups is 2. The Balaban J connectivity index is 1.60. The van der Waals surface area contributed by atoms with Crippen molar-refractivity contribution in [2.45, 2.75) is 27.2 Å². The maximum atomic E-state index is 12.9. The van der Waals surface area contributed by atoms with Gasteiger partial charge < -0.3 is 16.0 Å². The number of benzene rings is 2. The van der Waals surface area contributed by atoms with Crippen LogP contribution in [0.1, 0.15) is 41.8 Å². The van der Waals surface area contributed by atoms with Crippen molar-refractivity contribution in [3.8, 4) is 11.1 Å². The molecule has 0 spiro atoms. The lowest BCUT2D eigenvalue weighted by molar-refractivity contribution is 0.0953. The summed E-state index contributed by atoms with van der Waals surface area (Å²) in [6.07, 6.45) is 5.78. The molecule has 4 rings (SSSR count). The average molecular weight is 543 g/mol. The highest BCUT2D eigenvalue weighted by molar-refractivity contribution is 6.33. The van der Waals surface area contributed by atoms with E-state index >= 15 is 0 Å². The van der Waals surface area contributed by atoms with E-state index in [-0.39, 0.29) is 5.91 Å². The minimum atomic E-state index is -0.456. The van der Waals surface area contributed by atoms with Crippen LogP contribution in [0.4, 0.5) is 10.5 Å². The van der Waals surface area contributed by atoms with E-state index in [1.54, 1.807) is 23.3 Å². The van der Waals surface area contributed by atoms with Gasteiger partial charge in [0, 0.05) is 36.6 Å². The van der Waals surface area contributed by atoms with Crippen LogP contribution >= 0.6 is 11.6 Å². The number of hydrogen-bond acceptors (Lipinski definition) is 5. The maximum absolute atomic E-state index is 12.9. The standard InChI is InChI=1S/C30H31ClN6O2/c1-5-13-33-29(38)24-12-8-10-22(15-24)21-9-7-11-23(14-21)27-16-26(20(4)37(6-2)36-27)34-30(39)35-28-19(3)17-32-18-25(28)31/h7-12,14-18H,4-6,13H2,1-3H3,(H,33,38)(H2,32,34,35,39). The first-order valence-electron chi connectivity index (χ1n) is 12.7. The minimum Gasteiger partial charge on any atom is -0.352 e. The summed E-state index contributed by atoms with van der Waals surface area (Å²) < 4.78 is 0. The quantitative estimate of drug-likeness (QED) is 0.320. The smallest absolute Gasteiger partial charge is 0.323 e. The van der Waals surface area contributed by atoms with Crippen LogP contribution in [0.2, 0.25) is 5.02 Å². The van der Waals surface area contributed by atoms with Gasteiger partial charge in [0.1, 0.15) is 0 Å². The van der Waals surface area contributed by atoms with Crippen LogP contribution in [0, 0.1) is 6.92 Å².